The first-order chi connectivity index (χ1) is 16.7. The lowest BCUT2D eigenvalue weighted by Crippen LogP contribution is -2.50. The molecule has 1 aliphatic rings. The van der Waals surface area contributed by atoms with Crippen molar-refractivity contribution >= 4 is 21.7 Å². The molecule has 2 aromatic carbocycles. The number of hydrogen-bond acceptors (Lipinski definition) is 7. The van der Waals surface area contributed by atoms with Gasteiger partial charge in [-0.15, -0.1) is 0 Å². The largest absolute Gasteiger partial charge is 0.493 e. The molecule has 1 amide bonds. The predicted octanol–water partition coefficient (Wildman–Crippen LogP) is 3.31. The molecule has 0 bridgehead atoms. The summed E-state index contributed by atoms with van der Waals surface area (Å²) in [5, 5.41) is 0. The molecule has 0 atom stereocenters. The number of furan rings is 1. The molecular formula is C25H26N2O7S. The molecule has 0 aliphatic carbocycles. The smallest absolute Gasteiger partial charge is 0.289 e. The minimum atomic E-state index is -3.76. The van der Waals surface area contributed by atoms with E-state index in [0.29, 0.717) is 22.8 Å². The number of nitrogens with zero attached hydrogens (tertiary/aromatic N) is 2. The van der Waals surface area contributed by atoms with Gasteiger partial charge in [0, 0.05) is 43.4 Å². The van der Waals surface area contributed by atoms with E-state index in [0.717, 1.165) is 5.56 Å². The minimum Gasteiger partial charge on any atom is -0.493 e. The fourth-order valence-corrected chi connectivity index (χ4v) is 5.33. The number of rotatable bonds is 7. The van der Waals surface area contributed by atoms with E-state index in [9.17, 15) is 18.0 Å². The van der Waals surface area contributed by atoms with Crippen LogP contribution in [-0.2, 0) is 10.0 Å². The normalized spacial score (nSPS) is 14.5. The number of carbonyl (C=O) groups excluding carboxylic acids is 2. The SMILES string of the molecule is COc1ccc(S(=O)(=O)N2CCN(C(=O)c3ccc(-c4ccc(C(C)=O)cc4)o3)CC2)cc1OC. The number of piperazine rings is 1. The summed E-state index contributed by atoms with van der Waals surface area (Å²) in [6.07, 6.45) is 0. The molecule has 9 nitrogen and oxygen atoms in total. The van der Waals surface area contributed by atoms with Crippen molar-refractivity contribution in [3.63, 3.8) is 0 Å². The Balaban J connectivity index is 1.42. The zero-order valence-electron chi connectivity index (χ0n) is 19.7. The molecule has 1 fully saturated rings. The van der Waals surface area contributed by atoms with Gasteiger partial charge in [0.05, 0.1) is 19.1 Å². The number of ketones is 1. The van der Waals surface area contributed by atoms with Crippen LogP contribution >= 0.6 is 0 Å². The number of carbonyl (C=O) groups is 2. The maximum Gasteiger partial charge on any atom is 0.289 e. The maximum absolute atomic E-state index is 13.1. The zero-order valence-corrected chi connectivity index (χ0v) is 20.5. The highest BCUT2D eigenvalue weighted by molar-refractivity contribution is 7.89. The third kappa shape index (κ3) is 4.94. The van der Waals surface area contributed by atoms with E-state index in [2.05, 4.69) is 0 Å². The van der Waals surface area contributed by atoms with Crippen LogP contribution in [0, 0.1) is 0 Å². The second-order valence-corrected chi connectivity index (χ2v) is 9.95. The summed E-state index contributed by atoms with van der Waals surface area (Å²) >= 11 is 0. The lowest BCUT2D eigenvalue weighted by molar-refractivity contribution is 0.0667. The molecule has 0 saturated carbocycles. The summed E-state index contributed by atoms with van der Waals surface area (Å²) in [7, 11) is -0.838. The predicted molar refractivity (Wildman–Crippen MR) is 128 cm³/mol. The Kier molecular flexibility index (Phi) is 6.95. The van der Waals surface area contributed by atoms with Gasteiger partial charge < -0.3 is 18.8 Å². The average Bonchev–Trinajstić information content (AvgIpc) is 3.38. The summed E-state index contributed by atoms with van der Waals surface area (Å²) in [5.41, 5.74) is 1.34. The first-order valence-electron chi connectivity index (χ1n) is 11.0. The van der Waals surface area contributed by atoms with Crippen molar-refractivity contribution < 1.29 is 31.9 Å². The van der Waals surface area contributed by atoms with Crippen molar-refractivity contribution in [1.82, 2.24) is 9.21 Å². The van der Waals surface area contributed by atoms with Crippen LogP contribution in [0.4, 0.5) is 0 Å². The van der Waals surface area contributed by atoms with Crippen LogP contribution in [0.15, 0.2) is 63.9 Å². The number of ether oxygens (including phenoxy) is 2. The standard InChI is InChI=1S/C25H26N2O7S/c1-17(28)18-4-6-19(7-5-18)21-10-11-23(34-21)25(29)26-12-14-27(15-13-26)35(30,31)20-8-9-22(32-2)24(16-20)33-3/h4-11,16H,12-15H2,1-3H3. The highest BCUT2D eigenvalue weighted by Gasteiger charge is 2.32. The number of sulfonamides is 1. The number of amides is 1. The second kappa shape index (κ2) is 9.93. The van der Waals surface area contributed by atoms with E-state index in [1.807, 2.05) is 0 Å². The van der Waals surface area contributed by atoms with Gasteiger partial charge in [0.1, 0.15) is 5.76 Å². The van der Waals surface area contributed by atoms with Gasteiger partial charge in [-0.05, 0) is 31.2 Å². The van der Waals surface area contributed by atoms with Gasteiger partial charge in [-0.2, -0.15) is 4.31 Å². The maximum atomic E-state index is 13.1. The number of methoxy groups -OCH3 is 2. The molecule has 10 heteroatoms. The summed E-state index contributed by atoms with van der Waals surface area (Å²) in [4.78, 5) is 26.1. The van der Waals surface area contributed by atoms with Crippen molar-refractivity contribution in [2.24, 2.45) is 0 Å². The molecule has 4 rings (SSSR count). The van der Waals surface area contributed by atoms with Crippen molar-refractivity contribution in [3.05, 3.63) is 65.9 Å². The molecule has 2 heterocycles. The number of Topliss-reactive ketones (excluding diaryl/α,β-unsaturated/α-hetero) is 1. The van der Waals surface area contributed by atoms with Gasteiger partial charge in [-0.25, -0.2) is 8.42 Å². The van der Waals surface area contributed by atoms with Gasteiger partial charge in [0.25, 0.3) is 5.91 Å². The van der Waals surface area contributed by atoms with Crippen LogP contribution in [0.2, 0.25) is 0 Å². The van der Waals surface area contributed by atoms with Gasteiger partial charge in [0.15, 0.2) is 23.0 Å². The minimum absolute atomic E-state index is 0.0286. The summed E-state index contributed by atoms with van der Waals surface area (Å²) in [6, 6.07) is 14.7. The number of benzene rings is 2. The van der Waals surface area contributed by atoms with E-state index in [4.69, 9.17) is 13.9 Å². The van der Waals surface area contributed by atoms with Gasteiger partial charge >= 0.3 is 0 Å². The Morgan fingerprint density at radius 3 is 2.11 bits per heavy atom. The van der Waals surface area contributed by atoms with E-state index < -0.39 is 10.0 Å². The quantitative estimate of drug-likeness (QED) is 0.460. The average molecular weight is 499 g/mol. The van der Waals surface area contributed by atoms with Crippen LogP contribution in [0.1, 0.15) is 27.8 Å². The Hall–Kier alpha value is -3.63. The van der Waals surface area contributed by atoms with Crippen LogP contribution in [0.5, 0.6) is 11.5 Å². The first kappa shape index (κ1) is 24.5. The first-order valence-corrected chi connectivity index (χ1v) is 12.4. The van der Waals surface area contributed by atoms with Crippen LogP contribution in [0.25, 0.3) is 11.3 Å². The Morgan fingerprint density at radius 2 is 1.51 bits per heavy atom. The highest BCUT2D eigenvalue weighted by atomic mass is 32.2. The Labute approximate surface area is 203 Å². The molecule has 0 radical (unpaired) electrons. The highest BCUT2D eigenvalue weighted by Crippen LogP contribution is 2.31. The summed E-state index contributed by atoms with van der Waals surface area (Å²) in [6.45, 7) is 2.27. The number of hydrogen-bond donors (Lipinski definition) is 0. The molecule has 0 N–H and O–H groups in total. The van der Waals surface area contributed by atoms with Crippen molar-refractivity contribution in [2.75, 3.05) is 40.4 Å². The Morgan fingerprint density at radius 1 is 0.857 bits per heavy atom. The summed E-state index contributed by atoms with van der Waals surface area (Å²) in [5.74, 6) is 1.12. The van der Waals surface area contributed by atoms with E-state index >= 15 is 0 Å². The molecule has 184 valence electrons. The van der Waals surface area contributed by atoms with Crippen molar-refractivity contribution in [3.8, 4) is 22.8 Å². The fraction of sp³-hybridized carbons (Fsp3) is 0.280. The van der Waals surface area contributed by atoms with E-state index in [-0.39, 0.29) is 48.5 Å². The summed E-state index contributed by atoms with van der Waals surface area (Å²) < 4.78 is 43.7. The van der Waals surface area contributed by atoms with Crippen LogP contribution in [0.3, 0.4) is 0 Å². The Bertz CT molecular complexity index is 1340. The van der Waals surface area contributed by atoms with Crippen LogP contribution in [-0.4, -0.2) is 69.7 Å². The van der Waals surface area contributed by atoms with Gasteiger partial charge in [0.2, 0.25) is 10.0 Å². The van der Waals surface area contributed by atoms with E-state index in [1.165, 1.54) is 37.6 Å². The topological polar surface area (TPSA) is 106 Å². The molecule has 35 heavy (non-hydrogen) atoms. The monoisotopic (exact) mass is 498 g/mol. The van der Waals surface area contributed by atoms with Gasteiger partial charge in [-0.3, -0.25) is 9.59 Å². The van der Waals surface area contributed by atoms with Crippen molar-refractivity contribution in [2.45, 2.75) is 11.8 Å². The molecule has 0 spiro atoms. The molecule has 0 unspecified atom stereocenters. The lowest BCUT2D eigenvalue weighted by atomic mass is 10.1. The molecule has 1 aliphatic heterocycles. The fourth-order valence-electron chi connectivity index (χ4n) is 3.89. The molecule has 3 aromatic rings. The third-order valence-electron chi connectivity index (χ3n) is 5.91. The zero-order chi connectivity index (χ0) is 25.2. The molecule has 1 aromatic heterocycles. The molecule has 1 saturated heterocycles. The van der Waals surface area contributed by atoms with Crippen LogP contribution < -0.4 is 9.47 Å². The molecular weight excluding hydrogens is 472 g/mol. The lowest BCUT2D eigenvalue weighted by Gasteiger charge is -2.33. The van der Waals surface area contributed by atoms with Gasteiger partial charge in [-0.1, -0.05) is 24.3 Å². The second-order valence-electron chi connectivity index (χ2n) is 8.01. The van der Waals surface area contributed by atoms with E-state index in [1.54, 1.807) is 47.4 Å². The third-order valence-corrected chi connectivity index (χ3v) is 7.81. The van der Waals surface area contributed by atoms with Crippen molar-refractivity contribution in [1.29, 1.82) is 0 Å².